The third-order valence-corrected chi connectivity index (χ3v) is 10.6. The summed E-state index contributed by atoms with van der Waals surface area (Å²) in [6.07, 6.45) is 9.72. The van der Waals surface area contributed by atoms with Crippen LogP contribution in [0.4, 0.5) is 40.6 Å². The highest BCUT2D eigenvalue weighted by Gasteiger charge is 2.29. The maximum atomic E-state index is 13.3. The second-order valence-electron chi connectivity index (χ2n) is 14.1. The summed E-state index contributed by atoms with van der Waals surface area (Å²) in [6, 6.07) is 10.3. The molecule has 2 fully saturated rings. The van der Waals surface area contributed by atoms with E-state index in [0.29, 0.717) is 68.7 Å². The molecule has 0 saturated carbocycles. The molecule has 18 heteroatoms. The molecule has 0 aliphatic carbocycles. The van der Waals surface area contributed by atoms with Crippen LogP contribution in [0.3, 0.4) is 0 Å². The highest BCUT2D eigenvalue weighted by molar-refractivity contribution is 7.92. The van der Waals surface area contributed by atoms with Crippen LogP contribution in [0.1, 0.15) is 71.1 Å². The molecular weight excluding hydrogens is 718 g/mol. The molecule has 0 bridgehead atoms. The van der Waals surface area contributed by atoms with Crippen LogP contribution in [0.25, 0.3) is 0 Å². The number of nitrogen functional groups attached to an aromatic ring is 1. The molecule has 2 aromatic carbocycles. The van der Waals surface area contributed by atoms with Crippen molar-refractivity contribution in [2.24, 2.45) is 22.9 Å². The van der Waals surface area contributed by atoms with Gasteiger partial charge < -0.3 is 49.1 Å². The highest BCUT2D eigenvalue weighted by Crippen LogP contribution is 2.29. The van der Waals surface area contributed by atoms with Crippen LogP contribution in [-0.4, -0.2) is 79.6 Å². The molecule has 4 atom stereocenters. The number of amides is 1. The molecule has 13 N–H and O–H groups in total. The summed E-state index contributed by atoms with van der Waals surface area (Å²) >= 11 is 0. The number of nitrogens with two attached hydrogens (primary N) is 5. The van der Waals surface area contributed by atoms with E-state index < -0.39 is 10.0 Å². The zero-order chi connectivity index (χ0) is 37.3. The molecule has 292 valence electrons. The van der Waals surface area contributed by atoms with Gasteiger partial charge in [-0.1, -0.05) is 45.4 Å². The number of rotatable bonds is 16. The number of halogens is 1. The lowest BCUT2D eigenvalue weighted by Gasteiger charge is -2.37. The van der Waals surface area contributed by atoms with E-state index in [1.54, 1.807) is 30.3 Å². The van der Waals surface area contributed by atoms with Gasteiger partial charge in [0.05, 0.1) is 16.3 Å². The zero-order valence-corrected chi connectivity index (χ0v) is 32.0. The monoisotopic (exact) mass is 773 g/mol. The van der Waals surface area contributed by atoms with Gasteiger partial charge in [-0.3, -0.25) is 9.52 Å². The first-order valence-corrected chi connectivity index (χ1v) is 19.7. The zero-order valence-electron chi connectivity index (χ0n) is 30.4. The molecule has 3 heterocycles. The first-order valence-electron chi connectivity index (χ1n) is 18.3. The van der Waals surface area contributed by atoms with Crippen LogP contribution in [0.2, 0.25) is 0 Å². The van der Waals surface area contributed by atoms with Crippen molar-refractivity contribution < 1.29 is 13.2 Å². The second-order valence-corrected chi connectivity index (χ2v) is 15.7. The normalized spacial score (nSPS) is 20.4. The Morgan fingerprint density at radius 1 is 0.755 bits per heavy atom. The van der Waals surface area contributed by atoms with Crippen LogP contribution in [-0.2, 0) is 14.8 Å². The summed E-state index contributed by atoms with van der Waals surface area (Å²) in [5.74, 6) is 1.000. The molecular formula is C35H56ClN13O3S. The number of aromatic nitrogens is 3. The summed E-state index contributed by atoms with van der Waals surface area (Å²) in [5.41, 5.74) is 32.8. The van der Waals surface area contributed by atoms with E-state index in [9.17, 15) is 13.2 Å². The molecule has 0 unspecified atom stereocenters. The molecule has 3 aromatic rings. The smallest absolute Gasteiger partial charge is 0.261 e. The molecule has 2 aliphatic heterocycles. The van der Waals surface area contributed by atoms with Crippen LogP contribution >= 0.6 is 12.4 Å². The molecule has 0 spiro atoms. The van der Waals surface area contributed by atoms with Crippen molar-refractivity contribution in [3.05, 3.63) is 42.5 Å². The van der Waals surface area contributed by atoms with Gasteiger partial charge in [0.15, 0.2) is 0 Å². The fourth-order valence-corrected chi connectivity index (χ4v) is 7.71. The minimum absolute atomic E-state index is 0. The Balaban J connectivity index is 0.00000627. The highest BCUT2D eigenvalue weighted by atomic mass is 35.5. The number of sulfonamides is 1. The molecule has 1 amide bonds. The second kappa shape index (κ2) is 19.4. The minimum atomic E-state index is -3.98. The number of hydrogen-bond donors (Lipinski definition) is 8. The van der Waals surface area contributed by atoms with E-state index in [-0.39, 0.29) is 64.7 Å². The SMILES string of the molecule is CCCCCCCCCC(=O)Nc1ccc(S(=O)(=O)Nc2ccc(Nc3nc(N4C[C@H](N)C[C@H](N)C4)nc(N4C[C@H](N)C[C@H](N)C4)n3)cc2N)cc1.Cl. The van der Waals surface area contributed by atoms with E-state index in [0.717, 1.165) is 19.3 Å². The van der Waals surface area contributed by atoms with Gasteiger partial charge in [0.25, 0.3) is 10.0 Å². The van der Waals surface area contributed by atoms with Crippen molar-refractivity contribution in [2.75, 3.05) is 57.1 Å². The number of nitrogens with zero attached hydrogens (tertiary/aromatic N) is 5. The molecule has 5 rings (SSSR count). The van der Waals surface area contributed by atoms with Crippen molar-refractivity contribution in [2.45, 2.75) is 100 Å². The number of nitrogens with one attached hydrogen (secondary N) is 3. The summed E-state index contributed by atoms with van der Waals surface area (Å²) in [4.78, 5) is 30.4. The fraction of sp³-hybridized carbons (Fsp3) is 0.543. The van der Waals surface area contributed by atoms with Crippen LogP contribution in [0.5, 0.6) is 0 Å². The number of carbonyl (C=O) groups excluding carboxylic acids is 1. The van der Waals surface area contributed by atoms with Crippen molar-refractivity contribution >= 4 is 68.9 Å². The molecule has 16 nitrogen and oxygen atoms in total. The molecule has 0 radical (unpaired) electrons. The molecule has 1 aromatic heterocycles. The Morgan fingerprint density at radius 3 is 1.79 bits per heavy atom. The van der Waals surface area contributed by atoms with Crippen molar-refractivity contribution in [3.63, 3.8) is 0 Å². The fourth-order valence-electron chi connectivity index (χ4n) is 6.63. The van der Waals surface area contributed by atoms with Crippen LogP contribution in [0.15, 0.2) is 47.4 Å². The van der Waals surface area contributed by atoms with Crippen molar-refractivity contribution in [1.82, 2.24) is 15.0 Å². The number of anilines is 7. The number of benzene rings is 2. The van der Waals surface area contributed by atoms with Gasteiger partial charge in [-0.15, -0.1) is 12.4 Å². The first-order chi connectivity index (χ1) is 24.9. The lowest BCUT2D eigenvalue weighted by Crippen LogP contribution is -2.54. The number of hydrogen-bond acceptors (Lipinski definition) is 14. The van der Waals surface area contributed by atoms with Crippen molar-refractivity contribution in [1.29, 1.82) is 0 Å². The summed E-state index contributed by atoms with van der Waals surface area (Å²) in [5, 5.41) is 6.03. The van der Waals surface area contributed by atoms with E-state index >= 15 is 0 Å². The average molecular weight is 774 g/mol. The summed E-state index contributed by atoms with van der Waals surface area (Å²) in [6.45, 7) is 4.33. The number of unbranched alkanes of at least 4 members (excludes halogenated alkanes) is 6. The Kier molecular flexibility index (Phi) is 15.3. The van der Waals surface area contributed by atoms with Gasteiger partial charge in [0.1, 0.15) is 0 Å². The number of piperidine rings is 2. The van der Waals surface area contributed by atoms with E-state index in [4.69, 9.17) is 33.7 Å². The van der Waals surface area contributed by atoms with Gasteiger partial charge >= 0.3 is 0 Å². The van der Waals surface area contributed by atoms with Gasteiger partial charge in [0, 0.05) is 68.1 Å². The lowest BCUT2D eigenvalue weighted by molar-refractivity contribution is -0.116. The van der Waals surface area contributed by atoms with Crippen molar-refractivity contribution in [3.8, 4) is 0 Å². The Labute approximate surface area is 318 Å². The Bertz CT molecular complexity index is 1690. The number of carbonyl (C=O) groups is 1. The average Bonchev–Trinajstić information content (AvgIpc) is 3.08. The Morgan fingerprint density at radius 2 is 1.26 bits per heavy atom. The van der Waals surface area contributed by atoms with E-state index in [1.165, 1.54) is 37.8 Å². The minimum Gasteiger partial charge on any atom is -0.397 e. The van der Waals surface area contributed by atoms with Crippen LogP contribution in [0, 0.1) is 0 Å². The van der Waals surface area contributed by atoms with E-state index in [2.05, 4.69) is 32.2 Å². The third kappa shape index (κ3) is 12.3. The van der Waals surface area contributed by atoms with E-state index in [1.807, 2.05) is 9.80 Å². The first kappa shape index (κ1) is 41.8. The topological polar surface area (TPSA) is 263 Å². The summed E-state index contributed by atoms with van der Waals surface area (Å²) < 4.78 is 29.1. The predicted molar refractivity (Wildman–Crippen MR) is 215 cm³/mol. The summed E-state index contributed by atoms with van der Waals surface area (Å²) in [7, 11) is -3.98. The largest absolute Gasteiger partial charge is 0.397 e. The van der Waals surface area contributed by atoms with Gasteiger partial charge in [-0.2, -0.15) is 15.0 Å². The van der Waals surface area contributed by atoms with Crippen LogP contribution < -0.4 is 53.8 Å². The van der Waals surface area contributed by atoms with Gasteiger partial charge in [0.2, 0.25) is 23.8 Å². The lowest BCUT2D eigenvalue weighted by atomic mass is 10.0. The quantitative estimate of drug-likeness (QED) is 0.0768. The standard InChI is InChI=1S/C35H55N13O3S.ClH/c1-2-3-4-5-6-7-8-9-32(49)41-27-10-13-29(14-11-27)52(50,51)46-31-15-12-28(18-30(31)40)42-33-43-34(47-19-23(36)16-24(37)20-47)45-35(44-33)48-21-25(38)17-26(39)22-48;/h10-15,18,23-26,46H,2-9,16-17,19-22,36-40H2,1H3,(H,41,49)(H,42,43,44,45);1H/t23-,24+,25-,26+;. The molecule has 2 saturated heterocycles. The maximum absolute atomic E-state index is 13.3. The third-order valence-electron chi connectivity index (χ3n) is 9.22. The van der Waals surface area contributed by atoms with Gasteiger partial charge in [-0.05, 0) is 61.7 Å². The Hall–Kier alpha value is -4.00. The molecule has 2 aliphatic rings. The molecule has 53 heavy (non-hydrogen) atoms. The maximum Gasteiger partial charge on any atom is 0.261 e. The predicted octanol–water partition coefficient (Wildman–Crippen LogP) is 3.23. The van der Waals surface area contributed by atoms with Gasteiger partial charge in [-0.25, -0.2) is 8.42 Å².